The van der Waals surface area contributed by atoms with Crippen molar-refractivity contribution < 1.29 is 22.7 Å². The van der Waals surface area contributed by atoms with E-state index in [-0.39, 0.29) is 22.5 Å². The average Bonchev–Trinajstić information content (AvgIpc) is 3.14. The topological polar surface area (TPSA) is 94.9 Å². The van der Waals surface area contributed by atoms with E-state index >= 15 is 0 Å². The molecule has 1 aliphatic rings. The Morgan fingerprint density at radius 2 is 1.84 bits per heavy atom. The van der Waals surface area contributed by atoms with Crippen molar-refractivity contribution in [1.82, 2.24) is 9.47 Å². The van der Waals surface area contributed by atoms with Gasteiger partial charge in [-0.3, -0.25) is 9.36 Å². The molecule has 0 aliphatic carbocycles. The van der Waals surface area contributed by atoms with Crippen molar-refractivity contribution in [2.75, 3.05) is 26.0 Å². The van der Waals surface area contributed by atoms with Crippen LogP contribution in [0.25, 0.3) is 5.69 Å². The third-order valence-corrected chi connectivity index (χ3v) is 5.99. The Morgan fingerprint density at radius 1 is 1.16 bits per heavy atom. The number of aromatic nitrogens is 1. The molecular weight excluding hydrogens is 420 g/mol. The molecule has 0 radical (unpaired) electrons. The fourth-order valence-electron chi connectivity index (χ4n) is 3.29. The second kappa shape index (κ2) is 8.74. The fourth-order valence-corrected chi connectivity index (χ4v) is 3.92. The highest BCUT2D eigenvalue weighted by Crippen LogP contribution is 2.21. The Morgan fingerprint density at radius 3 is 2.42 bits per heavy atom. The van der Waals surface area contributed by atoms with Crippen LogP contribution in [0.5, 0.6) is 5.75 Å². The van der Waals surface area contributed by atoms with E-state index in [9.17, 15) is 18.0 Å². The zero-order chi connectivity index (χ0) is 22.8. The van der Waals surface area contributed by atoms with E-state index in [1.807, 2.05) is 20.8 Å². The van der Waals surface area contributed by atoms with Crippen molar-refractivity contribution in [3.63, 3.8) is 0 Å². The lowest BCUT2D eigenvalue weighted by Crippen LogP contribution is -2.35. The number of sulfone groups is 1. The molecule has 1 aromatic carbocycles. The number of rotatable bonds is 5. The summed E-state index contributed by atoms with van der Waals surface area (Å²) in [5.41, 5.74) is -0.250. The van der Waals surface area contributed by atoms with Crippen LogP contribution in [0.4, 0.5) is 4.79 Å². The second-order valence-electron chi connectivity index (χ2n) is 8.73. The first kappa shape index (κ1) is 22.9. The molecule has 0 bridgehead atoms. The second-order valence-corrected chi connectivity index (χ2v) is 10.7. The molecule has 1 saturated heterocycles. The molecule has 1 aliphatic heterocycles. The van der Waals surface area contributed by atoms with Gasteiger partial charge in [-0.05, 0) is 57.5 Å². The van der Waals surface area contributed by atoms with Crippen LogP contribution in [-0.4, -0.2) is 55.5 Å². The van der Waals surface area contributed by atoms with Crippen LogP contribution in [0.1, 0.15) is 27.2 Å². The maximum absolute atomic E-state index is 12.5. The molecule has 8 nitrogen and oxygen atoms in total. The van der Waals surface area contributed by atoms with Gasteiger partial charge in [0, 0.05) is 43.2 Å². The van der Waals surface area contributed by atoms with Crippen LogP contribution in [0.3, 0.4) is 0 Å². The summed E-state index contributed by atoms with van der Waals surface area (Å²) in [5, 5.41) is 0. The normalized spacial score (nSPS) is 16.9. The molecule has 3 rings (SSSR count). The van der Waals surface area contributed by atoms with Gasteiger partial charge in [0.25, 0.3) is 5.56 Å². The lowest BCUT2D eigenvalue weighted by atomic mass is 10.1. The highest BCUT2D eigenvalue weighted by molar-refractivity contribution is 7.90. The van der Waals surface area contributed by atoms with E-state index in [0.29, 0.717) is 31.1 Å². The van der Waals surface area contributed by atoms with E-state index in [4.69, 9.17) is 9.47 Å². The zero-order valence-electron chi connectivity index (χ0n) is 18.2. The Hall–Kier alpha value is -2.81. The number of pyridine rings is 1. The van der Waals surface area contributed by atoms with Gasteiger partial charge in [-0.1, -0.05) is 0 Å². The summed E-state index contributed by atoms with van der Waals surface area (Å²) >= 11 is 0. The molecule has 0 spiro atoms. The lowest BCUT2D eigenvalue weighted by Gasteiger charge is -2.24. The van der Waals surface area contributed by atoms with E-state index in [1.165, 1.54) is 22.8 Å². The number of benzene rings is 1. The summed E-state index contributed by atoms with van der Waals surface area (Å²) in [5.74, 6) is 0.614. The van der Waals surface area contributed by atoms with Gasteiger partial charge in [-0.15, -0.1) is 0 Å². The molecule has 1 fully saturated rings. The minimum atomic E-state index is -3.29. The van der Waals surface area contributed by atoms with Crippen molar-refractivity contribution in [3.8, 4) is 11.4 Å². The third-order valence-electron chi connectivity index (χ3n) is 4.86. The van der Waals surface area contributed by atoms with Crippen LogP contribution in [-0.2, 0) is 14.6 Å². The largest absolute Gasteiger partial charge is 0.493 e. The summed E-state index contributed by atoms with van der Waals surface area (Å²) in [6.45, 7) is 7.08. The van der Waals surface area contributed by atoms with Crippen LogP contribution in [0, 0.1) is 5.92 Å². The quantitative estimate of drug-likeness (QED) is 0.698. The first-order valence-electron chi connectivity index (χ1n) is 10.1. The lowest BCUT2D eigenvalue weighted by molar-refractivity contribution is 0.0284. The van der Waals surface area contributed by atoms with E-state index < -0.39 is 15.4 Å². The first-order chi connectivity index (χ1) is 14.4. The number of amides is 1. The summed E-state index contributed by atoms with van der Waals surface area (Å²) in [4.78, 5) is 26.5. The molecule has 1 amide bonds. The summed E-state index contributed by atoms with van der Waals surface area (Å²) in [7, 11) is -3.29. The van der Waals surface area contributed by atoms with Crippen LogP contribution in [0.15, 0.2) is 52.3 Å². The smallest absolute Gasteiger partial charge is 0.410 e. The Balaban J connectivity index is 1.59. The van der Waals surface area contributed by atoms with Gasteiger partial charge in [0.2, 0.25) is 0 Å². The average molecular weight is 449 g/mol. The molecule has 31 heavy (non-hydrogen) atoms. The molecule has 168 valence electrons. The van der Waals surface area contributed by atoms with Gasteiger partial charge in [-0.25, -0.2) is 13.2 Å². The Bertz CT molecular complexity index is 1100. The SMILES string of the molecule is CC(C)(C)OC(=O)N1CCC(COc2ccn(-c3ccc(S(C)(=O)=O)cc3)c(=O)c2)C1. The predicted molar refractivity (Wildman–Crippen MR) is 117 cm³/mol. The third kappa shape index (κ3) is 6.10. The van der Waals surface area contributed by atoms with Crippen molar-refractivity contribution in [3.05, 3.63) is 52.9 Å². The Labute approximate surface area is 182 Å². The van der Waals surface area contributed by atoms with Crippen LogP contribution < -0.4 is 10.3 Å². The number of carbonyl (C=O) groups is 1. The first-order valence-corrected chi connectivity index (χ1v) is 12.0. The number of hydrogen-bond donors (Lipinski definition) is 0. The summed E-state index contributed by atoms with van der Waals surface area (Å²) in [6.07, 6.45) is 3.22. The molecule has 1 atom stereocenters. The van der Waals surface area contributed by atoms with Crippen molar-refractivity contribution in [2.45, 2.75) is 37.7 Å². The number of hydrogen-bond acceptors (Lipinski definition) is 6. The number of nitrogens with zero attached hydrogens (tertiary/aromatic N) is 2. The highest BCUT2D eigenvalue weighted by atomic mass is 32.2. The van der Waals surface area contributed by atoms with Crippen LogP contribution in [0.2, 0.25) is 0 Å². The molecule has 9 heteroatoms. The number of carbonyl (C=O) groups excluding carboxylic acids is 1. The van der Waals surface area contributed by atoms with Gasteiger partial charge in [-0.2, -0.15) is 0 Å². The van der Waals surface area contributed by atoms with Crippen LogP contribution >= 0.6 is 0 Å². The molecule has 2 aromatic rings. The van der Waals surface area contributed by atoms with Crippen molar-refractivity contribution >= 4 is 15.9 Å². The van der Waals surface area contributed by atoms with Gasteiger partial charge in [0.1, 0.15) is 11.4 Å². The van der Waals surface area contributed by atoms with Crippen molar-refractivity contribution in [2.24, 2.45) is 5.92 Å². The monoisotopic (exact) mass is 448 g/mol. The number of likely N-dealkylation sites (tertiary alicyclic amines) is 1. The maximum Gasteiger partial charge on any atom is 0.410 e. The minimum absolute atomic E-state index is 0.165. The number of ether oxygens (including phenoxy) is 2. The molecule has 1 unspecified atom stereocenters. The highest BCUT2D eigenvalue weighted by Gasteiger charge is 2.30. The van der Waals surface area contributed by atoms with E-state index in [1.54, 1.807) is 29.3 Å². The van der Waals surface area contributed by atoms with Gasteiger partial charge in [0.15, 0.2) is 9.84 Å². The predicted octanol–water partition coefficient (Wildman–Crippen LogP) is 2.88. The minimum Gasteiger partial charge on any atom is -0.493 e. The molecule has 0 N–H and O–H groups in total. The molecule has 2 heterocycles. The summed E-state index contributed by atoms with van der Waals surface area (Å²) < 4.78 is 35.8. The maximum atomic E-state index is 12.5. The van der Waals surface area contributed by atoms with Gasteiger partial charge in [0.05, 0.1) is 11.5 Å². The van der Waals surface area contributed by atoms with Gasteiger partial charge >= 0.3 is 6.09 Å². The molecular formula is C22H28N2O6S. The fraction of sp³-hybridized carbons (Fsp3) is 0.455. The Kier molecular flexibility index (Phi) is 6.45. The zero-order valence-corrected chi connectivity index (χ0v) is 19.0. The standard InChI is InChI=1S/C22H28N2O6S/c1-22(2,3)30-21(26)23-11-9-16(14-23)15-29-18-10-12-24(20(25)13-18)17-5-7-19(8-6-17)31(4,27)28/h5-8,10,12-13,16H,9,11,14-15H2,1-4H3. The molecule has 1 aromatic heterocycles. The van der Waals surface area contributed by atoms with Gasteiger partial charge < -0.3 is 14.4 Å². The summed E-state index contributed by atoms with van der Waals surface area (Å²) in [6, 6.07) is 9.19. The van der Waals surface area contributed by atoms with E-state index in [2.05, 4.69) is 0 Å². The van der Waals surface area contributed by atoms with Crippen molar-refractivity contribution in [1.29, 1.82) is 0 Å². The van der Waals surface area contributed by atoms with E-state index in [0.717, 1.165) is 12.7 Å². The molecule has 0 saturated carbocycles.